The van der Waals surface area contributed by atoms with Crippen molar-refractivity contribution in [3.63, 3.8) is 0 Å². The average Bonchev–Trinajstić information content (AvgIpc) is 2.74. The second-order valence-corrected chi connectivity index (χ2v) is 9.40. The van der Waals surface area contributed by atoms with Crippen molar-refractivity contribution in [3.8, 4) is 0 Å². The number of hydrogen-bond donors (Lipinski definition) is 1. The van der Waals surface area contributed by atoms with Crippen LogP contribution in [0.15, 0.2) is 78.9 Å². The topological polar surface area (TPSA) is 12.0 Å². The molecule has 30 heavy (non-hydrogen) atoms. The Morgan fingerprint density at radius 2 is 1.43 bits per heavy atom. The van der Waals surface area contributed by atoms with Gasteiger partial charge < -0.3 is 5.32 Å². The second-order valence-electron chi connectivity index (χ2n) is 9.40. The summed E-state index contributed by atoms with van der Waals surface area (Å²) in [6, 6.07) is 28.4. The molecule has 0 saturated heterocycles. The molecule has 0 heterocycles. The molecule has 0 radical (unpaired) electrons. The lowest BCUT2D eigenvalue weighted by Crippen LogP contribution is -2.20. The van der Waals surface area contributed by atoms with Crippen molar-refractivity contribution in [1.82, 2.24) is 0 Å². The Kier molecular flexibility index (Phi) is 7.37. The first-order valence-corrected chi connectivity index (χ1v) is 11.4. The highest BCUT2D eigenvalue weighted by Crippen LogP contribution is 2.34. The summed E-state index contributed by atoms with van der Waals surface area (Å²) in [7, 11) is 0. The summed E-state index contributed by atoms with van der Waals surface area (Å²) >= 11 is 0. The summed E-state index contributed by atoms with van der Waals surface area (Å²) < 4.78 is 0. The van der Waals surface area contributed by atoms with E-state index in [1.54, 1.807) is 0 Å². The highest BCUT2D eigenvalue weighted by atomic mass is 14.9. The fraction of sp³-hybridized carbons (Fsp3) is 0.379. The van der Waals surface area contributed by atoms with Gasteiger partial charge in [0.25, 0.3) is 0 Å². The molecule has 158 valence electrons. The van der Waals surface area contributed by atoms with E-state index in [-0.39, 0.29) is 5.41 Å². The molecular weight excluding hydrogens is 362 g/mol. The normalized spacial score (nSPS) is 13.6. The van der Waals surface area contributed by atoms with E-state index >= 15 is 0 Å². The summed E-state index contributed by atoms with van der Waals surface area (Å²) in [5, 5.41) is 3.66. The van der Waals surface area contributed by atoms with Crippen LogP contribution in [-0.4, -0.2) is 0 Å². The van der Waals surface area contributed by atoms with E-state index in [0.29, 0.717) is 5.92 Å². The van der Waals surface area contributed by atoms with Crippen molar-refractivity contribution in [2.24, 2.45) is 5.92 Å². The van der Waals surface area contributed by atoms with Crippen LogP contribution in [-0.2, 0) is 5.41 Å². The highest BCUT2D eigenvalue weighted by molar-refractivity contribution is 5.65. The van der Waals surface area contributed by atoms with Crippen LogP contribution in [0.25, 0.3) is 0 Å². The molecule has 2 unspecified atom stereocenters. The Morgan fingerprint density at radius 3 is 2.10 bits per heavy atom. The number of benzene rings is 3. The Balaban J connectivity index is 1.76. The predicted molar refractivity (Wildman–Crippen MR) is 132 cm³/mol. The lowest BCUT2D eigenvalue weighted by molar-refractivity contribution is 0.361. The summed E-state index contributed by atoms with van der Waals surface area (Å²) in [4.78, 5) is 0. The van der Waals surface area contributed by atoms with Gasteiger partial charge in [-0.25, -0.2) is 0 Å². The fourth-order valence-electron chi connectivity index (χ4n) is 4.65. The standard InChI is InChI=1S/C29H37N/c1-6-12-22(2)21-29(4,5)25-17-19-26(20-18-25)30-28-16-11-10-15-27(28)23(3)24-13-8-7-9-14-24/h7-11,13-20,22-23,30H,6,12,21H2,1-5H3. The zero-order valence-electron chi connectivity index (χ0n) is 19.3. The third kappa shape index (κ3) is 5.53. The lowest BCUT2D eigenvalue weighted by atomic mass is 9.76. The monoisotopic (exact) mass is 399 g/mol. The van der Waals surface area contributed by atoms with Crippen LogP contribution in [0.2, 0.25) is 0 Å². The third-order valence-electron chi connectivity index (χ3n) is 6.31. The van der Waals surface area contributed by atoms with Gasteiger partial charge in [-0.2, -0.15) is 0 Å². The summed E-state index contributed by atoms with van der Waals surface area (Å²) in [6.45, 7) is 11.7. The lowest BCUT2D eigenvalue weighted by Gasteiger charge is -2.29. The zero-order chi connectivity index (χ0) is 21.6. The van der Waals surface area contributed by atoms with Gasteiger partial charge in [-0.15, -0.1) is 0 Å². The maximum Gasteiger partial charge on any atom is 0.0422 e. The van der Waals surface area contributed by atoms with Gasteiger partial charge in [0.15, 0.2) is 0 Å². The van der Waals surface area contributed by atoms with Gasteiger partial charge in [0.05, 0.1) is 0 Å². The molecular formula is C29H37N. The van der Waals surface area contributed by atoms with Crippen LogP contribution >= 0.6 is 0 Å². The zero-order valence-corrected chi connectivity index (χ0v) is 19.3. The quantitative estimate of drug-likeness (QED) is 0.379. The van der Waals surface area contributed by atoms with Gasteiger partial charge in [-0.1, -0.05) is 108 Å². The van der Waals surface area contributed by atoms with Gasteiger partial charge in [-0.05, 0) is 52.6 Å². The molecule has 1 heteroatoms. The van der Waals surface area contributed by atoms with E-state index in [9.17, 15) is 0 Å². The van der Waals surface area contributed by atoms with E-state index in [4.69, 9.17) is 0 Å². The number of para-hydroxylation sites is 1. The van der Waals surface area contributed by atoms with Crippen molar-refractivity contribution >= 4 is 11.4 Å². The SMILES string of the molecule is CCCC(C)CC(C)(C)c1ccc(Nc2ccccc2C(C)c2ccccc2)cc1. The first kappa shape index (κ1) is 22.2. The minimum absolute atomic E-state index is 0.201. The van der Waals surface area contributed by atoms with Gasteiger partial charge in [0.2, 0.25) is 0 Å². The first-order valence-electron chi connectivity index (χ1n) is 11.4. The molecule has 3 aromatic carbocycles. The van der Waals surface area contributed by atoms with Gasteiger partial charge in [0, 0.05) is 17.3 Å². The van der Waals surface area contributed by atoms with Gasteiger partial charge >= 0.3 is 0 Å². The molecule has 2 atom stereocenters. The first-order chi connectivity index (χ1) is 14.4. The minimum atomic E-state index is 0.201. The maximum absolute atomic E-state index is 3.66. The predicted octanol–water partition coefficient (Wildman–Crippen LogP) is 8.69. The van der Waals surface area contributed by atoms with E-state index in [2.05, 4.69) is 119 Å². The van der Waals surface area contributed by atoms with Gasteiger partial charge in [0.1, 0.15) is 0 Å². The molecule has 0 saturated carbocycles. The third-order valence-corrected chi connectivity index (χ3v) is 6.31. The highest BCUT2D eigenvalue weighted by Gasteiger charge is 2.23. The van der Waals surface area contributed by atoms with Crippen LogP contribution in [0.4, 0.5) is 11.4 Å². The summed E-state index contributed by atoms with van der Waals surface area (Å²) in [6.07, 6.45) is 3.80. The van der Waals surface area contributed by atoms with Gasteiger partial charge in [-0.3, -0.25) is 0 Å². The van der Waals surface area contributed by atoms with E-state index in [1.165, 1.54) is 41.6 Å². The van der Waals surface area contributed by atoms with E-state index in [0.717, 1.165) is 11.6 Å². The molecule has 0 bridgehead atoms. The number of hydrogen-bond acceptors (Lipinski definition) is 1. The number of anilines is 2. The second kappa shape index (κ2) is 9.98. The van der Waals surface area contributed by atoms with Crippen LogP contribution in [0, 0.1) is 5.92 Å². The van der Waals surface area contributed by atoms with Crippen LogP contribution < -0.4 is 5.32 Å². The molecule has 1 N–H and O–H groups in total. The van der Waals surface area contributed by atoms with Crippen LogP contribution in [0.1, 0.15) is 76.5 Å². The maximum atomic E-state index is 3.66. The molecule has 1 nitrogen and oxygen atoms in total. The summed E-state index contributed by atoms with van der Waals surface area (Å²) in [5.41, 5.74) is 6.60. The van der Waals surface area contributed by atoms with E-state index < -0.39 is 0 Å². The Morgan fingerprint density at radius 1 is 0.800 bits per heavy atom. The largest absolute Gasteiger partial charge is 0.355 e. The molecule has 3 rings (SSSR count). The van der Waals surface area contributed by atoms with Crippen LogP contribution in [0.5, 0.6) is 0 Å². The molecule has 0 aliphatic rings. The smallest absolute Gasteiger partial charge is 0.0422 e. The molecule has 3 aromatic rings. The number of rotatable bonds is 9. The van der Waals surface area contributed by atoms with Crippen molar-refractivity contribution in [1.29, 1.82) is 0 Å². The average molecular weight is 400 g/mol. The Hall–Kier alpha value is -2.54. The Bertz CT molecular complexity index is 909. The molecule has 0 aliphatic heterocycles. The molecule has 0 spiro atoms. The molecule has 0 fully saturated rings. The number of nitrogens with one attached hydrogen (secondary N) is 1. The Labute approximate surface area is 183 Å². The molecule has 0 aliphatic carbocycles. The van der Waals surface area contributed by atoms with Crippen molar-refractivity contribution in [2.75, 3.05) is 5.32 Å². The van der Waals surface area contributed by atoms with E-state index in [1.807, 2.05) is 0 Å². The summed E-state index contributed by atoms with van der Waals surface area (Å²) in [5.74, 6) is 1.10. The fourth-order valence-corrected chi connectivity index (χ4v) is 4.65. The van der Waals surface area contributed by atoms with Crippen LogP contribution in [0.3, 0.4) is 0 Å². The molecule has 0 amide bonds. The minimum Gasteiger partial charge on any atom is -0.355 e. The van der Waals surface area contributed by atoms with Crippen molar-refractivity contribution in [2.45, 2.75) is 65.2 Å². The molecule has 0 aromatic heterocycles. The van der Waals surface area contributed by atoms with Crippen molar-refractivity contribution < 1.29 is 0 Å². The van der Waals surface area contributed by atoms with Crippen molar-refractivity contribution in [3.05, 3.63) is 95.6 Å².